The number of carbonyl (C=O) groups excluding carboxylic acids is 3. The molecule has 1 aromatic rings. The van der Waals surface area contributed by atoms with Crippen LogP contribution < -0.4 is 4.74 Å². The van der Waals surface area contributed by atoms with Gasteiger partial charge in [-0.05, 0) is 38.5 Å². The van der Waals surface area contributed by atoms with Gasteiger partial charge in [0.05, 0.1) is 13.0 Å². The first-order valence-corrected chi connectivity index (χ1v) is 7.24. The van der Waals surface area contributed by atoms with Crippen molar-refractivity contribution in [2.24, 2.45) is 11.8 Å². The van der Waals surface area contributed by atoms with Crippen LogP contribution in [0.15, 0.2) is 35.9 Å². The molecule has 3 atom stereocenters. The van der Waals surface area contributed by atoms with Crippen LogP contribution >= 0.6 is 0 Å². The number of rotatable bonds is 4. The average Bonchev–Trinajstić information content (AvgIpc) is 2.45. The third kappa shape index (κ3) is 2.73. The largest absolute Gasteiger partial charge is 0.496 e. The standard InChI is InChI=1S/C18H20O4/c1-10-9-14(21)17(12(3)20)18(16(10)11(2)19)13-7-5-6-8-15(13)22-4/h5-9,16-18H,1-4H3. The van der Waals surface area contributed by atoms with E-state index in [4.69, 9.17) is 4.74 Å². The van der Waals surface area contributed by atoms with Crippen molar-refractivity contribution in [2.75, 3.05) is 7.11 Å². The van der Waals surface area contributed by atoms with Crippen LogP contribution in [0.1, 0.15) is 32.3 Å². The average molecular weight is 300 g/mol. The van der Waals surface area contributed by atoms with Crippen molar-refractivity contribution in [3.05, 3.63) is 41.5 Å². The number of para-hydroxylation sites is 1. The fraction of sp³-hybridized carbons (Fsp3) is 0.389. The number of allylic oxidation sites excluding steroid dienone is 2. The third-order valence-corrected chi connectivity index (χ3v) is 4.26. The Morgan fingerprint density at radius 2 is 1.64 bits per heavy atom. The molecule has 0 aromatic heterocycles. The van der Waals surface area contributed by atoms with E-state index in [2.05, 4.69) is 0 Å². The molecule has 0 amide bonds. The molecule has 0 bridgehead atoms. The number of hydrogen-bond donors (Lipinski definition) is 0. The Balaban J connectivity index is 2.68. The van der Waals surface area contributed by atoms with Gasteiger partial charge in [0.2, 0.25) is 0 Å². The number of benzene rings is 1. The first-order chi connectivity index (χ1) is 10.4. The van der Waals surface area contributed by atoms with Gasteiger partial charge in [0, 0.05) is 11.8 Å². The molecule has 0 fully saturated rings. The highest BCUT2D eigenvalue weighted by Gasteiger charge is 2.44. The summed E-state index contributed by atoms with van der Waals surface area (Å²) in [5.41, 5.74) is 1.43. The number of ketones is 3. The Bertz CT molecular complexity index is 657. The third-order valence-electron chi connectivity index (χ3n) is 4.26. The number of Topliss-reactive ketones (excluding diaryl/α,β-unsaturated/α-hetero) is 2. The van der Waals surface area contributed by atoms with Crippen LogP contribution in [-0.2, 0) is 14.4 Å². The van der Waals surface area contributed by atoms with Crippen molar-refractivity contribution in [2.45, 2.75) is 26.7 Å². The smallest absolute Gasteiger partial charge is 0.166 e. The number of ether oxygens (including phenoxy) is 1. The van der Waals surface area contributed by atoms with Crippen LogP contribution in [0.4, 0.5) is 0 Å². The van der Waals surface area contributed by atoms with E-state index in [-0.39, 0.29) is 17.3 Å². The molecule has 3 unspecified atom stereocenters. The van der Waals surface area contributed by atoms with Crippen molar-refractivity contribution in [3.8, 4) is 5.75 Å². The lowest BCUT2D eigenvalue weighted by molar-refractivity contribution is -0.132. The lowest BCUT2D eigenvalue weighted by atomic mass is 9.66. The van der Waals surface area contributed by atoms with Gasteiger partial charge < -0.3 is 4.74 Å². The SMILES string of the molecule is COc1ccccc1C1C(C(C)=O)C(=O)C=C(C)C1C(C)=O. The van der Waals surface area contributed by atoms with Crippen molar-refractivity contribution in [3.63, 3.8) is 0 Å². The molecule has 1 aliphatic rings. The summed E-state index contributed by atoms with van der Waals surface area (Å²) < 4.78 is 5.37. The van der Waals surface area contributed by atoms with Gasteiger partial charge in [-0.25, -0.2) is 0 Å². The van der Waals surface area contributed by atoms with E-state index in [0.717, 1.165) is 5.56 Å². The van der Waals surface area contributed by atoms with Gasteiger partial charge in [0.25, 0.3) is 0 Å². The minimum absolute atomic E-state index is 0.0524. The van der Waals surface area contributed by atoms with E-state index in [9.17, 15) is 14.4 Å². The minimum atomic E-state index is -0.839. The maximum atomic E-state index is 12.3. The summed E-state index contributed by atoms with van der Waals surface area (Å²) in [5.74, 6) is -1.76. The molecule has 22 heavy (non-hydrogen) atoms. The number of hydrogen-bond acceptors (Lipinski definition) is 4. The zero-order chi connectivity index (χ0) is 16.4. The summed E-state index contributed by atoms with van der Waals surface area (Å²) in [6.45, 7) is 4.66. The summed E-state index contributed by atoms with van der Waals surface area (Å²) in [7, 11) is 1.54. The quantitative estimate of drug-likeness (QED) is 0.802. The van der Waals surface area contributed by atoms with Gasteiger partial charge in [0.15, 0.2) is 5.78 Å². The molecule has 0 saturated carbocycles. The molecule has 1 aromatic carbocycles. The Kier molecular flexibility index (Phi) is 4.59. The predicted molar refractivity (Wildman–Crippen MR) is 82.8 cm³/mol. The second kappa shape index (κ2) is 6.26. The number of methoxy groups -OCH3 is 1. The fourth-order valence-corrected chi connectivity index (χ4v) is 3.38. The van der Waals surface area contributed by atoms with Crippen molar-refractivity contribution in [1.29, 1.82) is 0 Å². The minimum Gasteiger partial charge on any atom is -0.496 e. The summed E-state index contributed by atoms with van der Waals surface area (Å²) in [6.07, 6.45) is 1.43. The molecule has 4 nitrogen and oxygen atoms in total. The highest BCUT2D eigenvalue weighted by molar-refractivity contribution is 6.10. The van der Waals surface area contributed by atoms with E-state index in [1.54, 1.807) is 13.0 Å². The van der Waals surface area contributed by atoms with Gasteiger partial charge >= 0.3 is 0 Å². The van der Waals surface area contributed by atoms with Crippen LogP contribution in [0.3, 0.4) is 0 Å². The van der Waals surface area contributed by atoms with Crippen LogP contribution in [0, 0.1) is 11.8 Å². The molecule has 0 spiro atoms. The zero-order valence-corrected chi connectivity index (χ0v) is 13.3. The van der Waals surface area contributed by atoms with Crippen LogP contribution in [0.25, 0.3) is 0 Å². The second-order valence-corrected chi connectivity index (χ2v) is 5.74. The lowest BCUT2D eigenvalue weighted by Gasteiger charge is -2.35. The Morgan fingerprint density at radius 3 is 2.18 bits per heavy atom. The zero-order valence-electron chi connectivity index (χ0n) is 13.3. The Hall–Kier alpha value is -2.23. The van der Waals surface area contributed by atoms with Crippen molar-refractivity contribution < 1.29 is 19.1 Å². The molecule has 0 aliphatic heterocycles. The molecule has 4 heteroatoms. The molecule has 0 N–H and O–H groups in total. The van der Waals surface area contributed by atoms with Gasteiger partial charge in [-0.15, -0.1) is 0 Å². The van der Waals surface area contributed by atoms with Gasteiger partial charge in [-0.2, -0.15) is 0 Å². The topological polar surface area (TPSA) is 60.4 Å². The monoisotopic (exact) mass is 300 g/mol. The fourth-order valence-electron chi connectivity index (χ4n) is 3.38. The summed E-state index contributed by atoms with van der Waals surface area (Å²) in [6, 6.07) is 7.24. The summed E-state index contributed by atoms with van der Waals surface area (Å²) in [5, 5.41) is 0. The highest BCUT2D eigenvalue weighted by Crippen LogP contribution is 2.44. The maximum Gasteiger partial charge on any atom is 0.166 e. The van der Waals surface area contributed by atoms with Crippen LogP contribution in [0.5, 0.6) is 5.75 Å². The van der Waals surface area contributed by atoms with Crippen LogP contribution in [0.2, 0.25) is 0 Å². The van der Waals surface area contributed by atoms with E-state index < -0.39 is 17.8 Å². The lowest BCUT2D eigenvalue weighted by Crippen LogP contribution is -2.39. The van der Waals surface area contributed by atoms with Gasteiger partial charge in [0.1, 0.15) is 17.3 Å². The van der Waals surface area contributed by atoms with E-state index in [0.29, 0.717) is 11.3 Å². The molecule has 1 aliphatic carbocycles. The van der Waals surface area contributed by atoms with Gasteiger partial charge in [-0.1, -0.05) is 23.8 Å². The Morgan fingerprint density at radius 1 is 1.05 bits per heavy atom. The molecular weight excluding hydrogens is 280 g/mol. The first-order valence-electron chi connectivity index (χ1n) is 7.24. The van der Waals surface area contributed by atoms with Crippen LogP contribution in [-0.4, -0.2) is 24.5 Å². The predicted octanol–water partition coefficient (Wildman–Crippen LogP) is 2.72. The second-order valence-electron chi connectivity index (χ2n) is 5.74. The highest BCUT2D eigenvalue weighted by atomic mass is 16.5. The normalized spacial score (nSPS) is 24.6. The Labute approximate surface area is 130 Å². The van der Waals surface area contributed by atoms with E-state index in [1.807, 2.05) is 18.2 Å². The molecule has 0 heterocycles. The van der Waals surface area contributed by atoms with Crippen molar-refractivity contribution >= 4 is 17.3 Å². The number of carbonyl (C=O) groups is 3. The molecule has 0 saturated heterocycles. The molecule has 116 valence electrons. The van der Waals surface area contributed by atoms with E-state index >= 15 is 0 Å². The first kappa shape index (κ1) is 16.1. The van der Waals surface area contributed by atoms with Gasteiger partial charge in [-0.3, -0.25) is 14.4 Å². The maximum absolute atomic E-state index is 12.3. The van der Waals surface area contributed by atoms with Crippen molar-refractivity contribution in [1.82, 2.24) is 0 Å². The van der Waals surface area contributed by atoms with E-state index in [1.165, 1.54) is 27.0 Å². The summed E-state index contributed by atoms with van der Waals surface area (Å²) >= 11 is 0. The summed E-state index contributed by atoms with van der Waals surface area (Å²) in [4.78, 5) is 36.6. The molecular formula is C18H20O4. The molecule has 0 radical (unpaired) electrons. The molecule has 2 rings (SSSR count).